The molecule has 0 radical (unpaired) electrons. The van der Waals surface area contributed by atoms with E-state index in [-0.39, 0.29) is 0 Å². The zero-order valence-corrected chi connectivity index (χ0v) is 11.1. The van der Waals surface area contributed by atoms with Crippen molar-refractivity contribution >= 4 is 27.6 Å². The van der Waals surface area contributed by atoms with Crippen molar-refractivity contribution in [1.82, 2.24) is 14.9 Å². The minimum Gasteiger partial charge on any atom is -0.383 e. The summed E-state index contributed by atoms with van der Waals surface area (Å²) in [6.07, 6.45) is 2.67. The van der Waals surface area contributed by atoms with Crippen molar-refractivity contribution < 1.29 is 0 Å². The fraction of sp³-hybridized carbons (Fsp3) is 0.600. The molecule has 1 aliphatic rings. The van der Waals surface area contributed by atoms with Crippen LogP contribution in [0.3, 0.4) is 0 Å². The molecule has 2 rings (SSSR count). The molecule has 6 heteroatoms. The van der Waals surface area contributed by atoms with Crippen LogP contribution in [0.1, 0.15) is 6.42 Å². The molecule has 0 aromatic carbocycles. The van der Waals surface area contributed by atoms with E-state index in [1.54, 1.807) is 0 Å². The van der Waals surface area contributed by atoms with Gasteiger partial charge in [-0.3, -0.25) is 0 Å². The Morgan fingerprint density at radius 2 is 2.25 bits per heavy atom. The Balaban J connectivity index is 2.17. The van der Waals surface area contributed by atoms with Crippen molar-refractivity contribution in [3.63, 3.8) is 0 Å². The van der Waals surface area contributed by atoms with Gasteiger partial charge in [0.25, 0.3) is 0 Å². The molecule has 5 nitrogen and oxygen atoms in total. The van der Waals surface area contributed by atoms with Crippen molar-refractivity contribution in [3.05, 3.63) is 10.8 Å². The molecule has 0 aliphatic carbocycles. The lowest BCUT2D eigenvalue weighted by molar-refractivity contribution is 0.315. The largest absolute Gasteiger partial charge is 0.383 e. The summed E-state index contributed by atoms with van der Waals surface area (Å²) in [6.45, 7) is 2.00. The van der Waals surface area contributed by atoms with E-state index >= 15 is 0 Å². The molecule has 1 unspecified atom stereocenters. The SMILES string of the molecule is CN(C)C1CCN(c2ncnc(N)c2Br)C1. The predicted molar refractivity (Wildman–Crippen MR) is 68.4 cm³/mol. The van der Waals surface area contributed by atoms with Crippen LogP contribution in [-0.2, 0) is 0 Å². The molecule has 1 fully saturated rings. The van der Waals surface area contributed by atoms with Crippen molar-refractivity contribution in [1.29, 1.82) is 0 Å². The van der Waals surface area contributed by atoms with Gasteiger partial charge < -0.3 is 15.5 Å². The first kappa shape index (κ1) is 11.6. The Morgan fingerprint density at radius 1 is 1.50 bits per heavy atom. The van der Waals surface area contributed by atoms with Crippen LogP contribution in [0.2, 0.25) is 0 Å². The Kier molecular flexibility index (Phi) is 3.30. The zero-order chi connectivity index (χ0) is 11.7. The second kappa shape index (κ2) is 4.55. The van der Waals surface area contributed by atoms with E-state index < -0.39 is 0 Å². The topological polar surface area (TPSA) is 58.3 Å². The molecule has 2 heterocycles. The monoisotopic (exact) mass is 285 g/mol. The molecule has 0 saturated carbocycles. The highest BCUT2D eigenvalue weighted by Crippen LogP contribution is 2.30. The molecule has 1 saturated heterocycles. The van der Waals surface area contributed by atoms with Crippen LogP contribution < -0.4 is 10.6 Å². The lowest BCUT2D eigenvalue weighted by atomic mass is 10.2. The molecule has 88 valence electrons. The maximum absolute atomic E-state index is 5.75. The van der Waals surface area contributed by atoms with Crippen LogP contribution in [0, 0.1) is 0 Å². The number of halogens is 1. The molecule has 1 aliphatic heterocycles. The Morgan fingerprint density at radius 3 is 2.88 bits per heavy atom. The van der Waals surface area contributed by atoms with Gasteiger partial charge in [0.1, 0.15) is 22.4 Å². The number of nitrogen functional groups attached to an aromatic ring is 1. The molecule has 2 N–H and O–H groups in total. The summed E-state index contributed by atoms with van der Waals surface area (Å²) in [5.74, 6) is 1.40. The first-order chi connectivity index (χ1) is 7.59. The van der Waals surface area contributed by atoms with Crippen molar-refractivity contribution in [2.24, 2.45) is 0 Å². The minimum absolute atomic E-state index is 0.498. The molecule has 1 atom stereocenters. The van der Waals surface area contributed by atoms with E-state index in [4.69, 9.17) is 5.73 Å². The van der Waals surface area contributed by atoms with Crippen LogP contribution in [0.15, 0.2) is 10.8 Å². The molecular weight excluding hydrogens is 270 g/mol. The second-order valence-corrected chi connectivity index (χ2v) is 5.04. The predicted octanol–water partition coefficient (Wildman–Crippen LogP) is 0.962. The van der Waals surface area contributed by atoms with Gasteiger partial charge in [-0.05, 0) is 36.4 Å². The highest BCUT2D eigenvalue weighted by atomic mass is 79.9. The Bertz CT molecular complexity index is 381. The zero-order valence-electron chi connectivity index (χ0n) is 9.52. The van der Waals surface area contributed by atoms with Gasteiger partial charge in [-0.25, -0.2) is 9.97 Å². The summed E-state index contributed by atoms with van der Waals surface area (Å²) in [5.41, 5.74) is 5.75. The van der Waals surface area contributed by atoms with E-state index in [2.05, 4.69) is 49.8 Å². The van der Waals surface area contributed by atoms with Crippen molar-refractivity contribution in [2.75, 3.05) is 37.8 Å². The number of aromatic nitrogens is 2. The number of nitrogens with two attached hydrogens (primary N) is 1. The van der Waals surface area contributed by atoms with Crippen LogP contribution in [0.4, 0.5) is 11.6 Å². The van der Waals surface area contributed by atoms with Crippen LogP contribution >= 0.6 is 15.9 Å². The summed E-state index contributed by atoms with van der Waals surface area (Å²) in [6, 6.07) is 0.586. The molecule has 0 spiro atoms. The number of hydrogen-bond donors (Lipinski definition) is 1. The van der Waals surface area contributed by atoms with E-state index in [9.17, 15) is 0 Å². The van der Waals surface area contributed by atoms with Crippen molar-refractivity contribution in [2.45, 2.75) is 12.5 Å². The summed E-state index contributed by atoms with van der Waals surface area (Å²) in [4.78, 5) is 12.7. The Hall–Kier alpha value is -0.880. The van der Waals surface area contributed by atoms with Gasteiger partial charge in [-0.15, -0.1) is 0 Å². The minimum atomic E-state index is 0.498. The lowest BCUT2D eigenvalue weighted by Crippen LogP contribution is -2.31. The van der Waals surface area contributed by atoms with Gasteiger partial charge in [-0.1, -0.05) is 0 Å². The summed E-state index contributed by atoms with van der Waals surface area (Å²) in [7, 11) is 4.22. The number of hydrogen-bond acceptors (Lipinski definition) is 5. The lowest BCUT2D eigenvalue weighted by Gasteiger charge is -2.21. The third-order valence-corrected chi connectivity index (χ3v) is 3.75. The molecule has 0 amide bonds. The van der Waals surface area contributed by atoms with Crippen LogP contribution in [0.5, 0.6) is 0 Å². The molecule has 1 aromatic rings. The normalized spacial score (nSPS) is 20.8. The van der Waals surface area contributed by atoms with E-state index in [0.29, 0.717) is 11.9 Å². The smallest absolute Gasteiger partial charge is 0.148 e. The van der Waals surface area contributed by atoms with E-state index in [1.165, 1.54) is 6.33 Å². The molecule has 1 aromatic heterocycles. The third kappa shape index (κ3) is 2.12. The number of rotatable bonds is 2. The number of anilines is 2. The molecular formula is C10H16BrN5. The third-order valence-electron chi connectivity index (χ3n) is 2.99. The molecule has 16 heavy (non-hydrogen) atoms. The average Bonchev–Trinajstić information content (AvgIpc) is 2.71. The maximum atomic E-state index is 5.75. The van der Waals surface area contributed by atoms with Gasteiger partial charge in [0.05, 0.1) is 0 Å². The van der Waals surface area contributed by atoms with Crippen LogP contribution in [0.25, 0.3) is 0 Å². The van der Waals surface area contributed by atoms with Gasteiger partial charge in [0, 0.05) is 19.1 Å². The van der Waals surface area contributed by atoms with Gasteiger partial charge in [0.15, 0.2) is 0 Å². The number of likely N-dealkylation sites (N-methyl/N-ethyl adjacent to an activating group) is 1. The van der Waals surface area contributed by atoms with E-state index in [1.807, 2.05) is 0 Å². The summed E-state index contributed by atoms with van der Waals surface area (Å²) in [5, 5.41) is 0. The van der Waals surface area contributed by atoms with E-state index in [0.717, 1.165) is 29.8 Å². The first-order valence-electron chi connectivity index (χ1n) is 5.27. The van der Waals surface area contributed by atoms with Crippen molar-refractivity contribution in [3.8, 4) is 0 Å². The first-order valence-corrected chi connectivity index (χ1v) is 6.06. The number of nitrogens with zero attached hydrogens (tertiary/aromatic N) is 4. The highest BCUT2D eigenvalue weighted by molar-refractivity contribution is 9.10. The van der Waals surface area contributed by atoms with Gasteiger partial charge in [0.2, 0.25) is 0 Å². The standard InChI is InChI=1S/C10H16BrN5/c1-15(2)7-3-4-16(5-7)10-8(11)9(12)13-6-14-10/h6-7H,3-5H2,1-2H3,(H2,12,13,14). The summed E-state index contributed by atoms with van der Waals surface area (Å²) < 4.78 is 0.800. The fourth-order valence-corrected chi connectivity index (χ4v) is 2.41. The van der Waals surface area contributed by atoms with Gasteiger partial charge >= 0.3 is 0 Å². The molecule has 0 bridgehead atoms. The quantitative estimate of drug-likeness (QED) is 0.877. The maximum Gasteiger partial charge on any atom is 0.148 e. The highest BCUT2D eigenvalue weighted by Gasteiger charge is 2.26. The average molecular weight is 286 g/mol. The second-order valence-electron chi connectivity index (χ2n) is 4.25. The van der Waals surface area contributed by atoms with Gasteiger partial charge in [-0.2, -0.15) is 0 Å². The summed E-state index contributed by atoms with van der Waals surface area (Å²) >= 11 is 3.44. The van der Waals surface area contributed by atoms with Crippen LogP contribution in [-0.4, -0.2) is 48.1 Å². The Labute approximate surface area is 104 Å². The fourth-order valence-electron chi connectivity index (χ4n) is 1.95.